The first-order valence-corrected chi connectivity index (χ1v) is 6.79. The Hall–Kier alpha value is -0.860. The van der Waals surface area contributed by atoms with Crippen molar-refractivity contribution in [3.05, 3.63) is 0 Å². The summed E-state index contributed by atoms with van der Waals surface area (Å²) in [7, 11) is 0. The van der Waals surface area contributed by atoms with Gasteiger partial charge in [-0.3, -0.25) is 9.59 Å². The minimum Gasteiger partial charge on any atom is -0.466 e. The van der Waals surface area contributed by atoms with Crippen LogP contribution in [-0.4, -0.2) is 18.4 Å². The fourth-order valence-corrected chi connectivity index (χ4v) is 4.89. The van der Waals surface area contributed by atoms with E-state index >= 15 is 0 Å². The van der Waals surface area contributed by atoms with Crippen molar-refractivity contribution in [2.75, 3.05) is 6.61 Å². The van der Waals surface area contributed by atoms with Crippen LogP contribution in [0.15, 0.2) is 0 Å². The van der Waals surface area contributed by atoms with Crippen LogP contribution >= 0.6 is 0 Å². The molecule has 0 saturated heterocycles. The summed E-state index contributed by atoms with van der Waals surface area (Å²) >= 11 is 0. The summed E-state index contributed by atoms with van der Waals surface area (Å²) in [6.07, 6.45) is 6.78. The molecule has 3 aliphatic carbocycles. The molecule has 3 nitrogen and oxygen atoms in total. The highest BCUT2D eigenvalue weighted by Gasteiger charge is 2.66. The largest absolute Gasteiger partial charge is 0.466 e. The van der Waals surface area contributed by atoms with E-state index in [4.69, 9.17) is 4.74 Å². The number of ether oxygens (including phenoxy) is 1. The SMILES string of the molecule is CCOC(=O)C1C[C@@]23CCC[C@@]2(CC(=O)C3)C1. The zero-order valence-electron chi connectivity index (χ0n) is 10.5. The van der Waals surface area contributed by atoms with Gasteiger partial charge in [0.2, 0.25) is 0 Å². The summed E-state index contributed by atoms with van der Waals surface area (Å²) in [6, 6.07) is 0. The lowest BCUT2D eigenvalue weighted by molar-refractivity contribution is -0.148. The molecule has 0 bridgehead atoms. The van der Waals surface area contributed by atoms with Gasteiger partial charge in [-0.25, -0.2) is 0 Å². The lowest BCUT2D eigenvalue weighted by Gasteiger charge is -2.32. The molecule has 0 aromatic carbocycles. The van der Waals surface area contributed by atoms with Gasteiger partial charge in [0, 0.05) is 12.8 Å². The molecule has 0 aliphatic heterocycles. The number of esters is 1. The molecule has 1 unspecified atom stereocenters. The minimum atomic E-state index is -0.0324. The highest BCUT2D eigenvalue weighted by molar-refractivity contribution is 5.84. The van der Waals surface area contributed by atoms with E-state index in [1.807, 2.05) is 6.92 Å². The summed E-state index contributed by atoms with van der Waals surface area (Å²) in [5.41, 5.74) is 0.336. The van der Waals surface area contributed by atoms with Gasteiger partial charge in [-0.15, -0.1) is 0 Å². The predicted molar refractivity (Wildman–Crippen MR) is 62.3 cm³/mol. The Morgan fingerprint density at radius 2 is 1.88 bits per heavy atom. The van der Waals surface area contributed by atoms with Crippen LogP contribution in [0.3, 0.4) is 0 Å². The summed E-state index contributed by atoms with van der Waals surface area (Å²) in [5, 5.41) is 0. The van der Waals surface area contributed by atoms with E-state index in [1.54, 1.807) is 0 Å². The van der Waals surface area contributed by atoms with Crippen molar-refractivity contribution >= 4 is 11.8 Å². The molecule has 0 aromatic rings. The normalized spacial score (nSPS) is 43.6. The Kier molecular flexibility index (Phi) is 2.36. The van der Waals surface area contributed by atoms with Crippen molar-refractivity contribution in [2.45, 2.75) is 51.9 Å². The van der Waals surface area contributed by atoms with Gasteiger partial charge < -0.3 is 4.74 Å². The molecule has 0 amide bonds. The molecule has 17 heavy (non-hydrogen) atoms. The van der Waals surface area contributed by atoms with Crippen LogP contribution in [-0.2, 0) is 14.3 Å². The summed E-state index contributed by atoms with van der Waals surface area (Å²) in [4.78, 5) is 23.6. The smallest absolute Gasteiger partial charge is 0.308 e. The monoisotopic (exact) mass is 236 g/mol. The molecule has 94 valence electrons. The molecule has 0 heterocycles. The third-order valence-electron chi connectivity index (χ3n) is 5.40. The molecule has 0 spiro atoms. The van der Waals surface area contributed by atoms with Crippen LogP contribution in [0.1, 0.15) is 51.9 Å². The number of Topliss-reactive ketones (excluding diaryl/α,β-unsaturated/α-hetero) is 1. The van der Waals surface area contributed by atoms with Crippen molar-refractivity contribution in [1.29, 1.82) is 0 Å². The van der Waals surface area contributed by atoms with Crippen LogP contribution in [0.2, 0.25) is 0 Å². The first-order valence-electron chi connectivity index (χ1n) is 6.79. The lowest BCUT2D eigenvalue weighted by atomic mass is 9.71. The van der Waals surface area contributed by atoms with Gasteiger partial charge in [-0.2, -0.15) is 0 Å². The van der Waals surface area contributed by atoms with Crippen LogP contribution in [0.4, 0.5) is 0 Å². The van der Waals surface area contributed by atoms with E-state index < -0.39 is 0 Å². The van der Waals surface area contributed by atoms with Crippen molar-refractivity contribution in [1.82, 2.24) is 0 Å². The van der Waals surface area contributed by atoms with E-state index in [0.717, 1.165) is 38.5 Å². The number of ketones is 1. The zero-order valence-corrected chi connectivity index (χ0v) is 10.5. The minimum absolute atomic E-state index is 0.0324. The van der Waals surface area contributed by atoms with E-state index in [9.17, 15) is 9.59 Å². The number of carbonyl (C=O) groups excluding carboxylic acids is 2. The van der Waals surface area contributed by atoms with Crippen molar-refractivity contribution in [3.63, 3.8) is 0 Å². The van der Waals surface area contributed by atoms with Gasteiger partial charge >= 0.3 is 5.97 Å². The Morgan fingerprint density at radius 1 is 1.29 bits per heavy atom. The molecular formula is C14H20O3. The number of carbonyl (C=O) groups is 2. The van der Waals surface area contributed by atoms with Gasteiger partial charge in [0.15, 0.2) is 0 Å². The molecule has 3 rings (SSSR count). The Balaban J connectivity index is 1.83. The first kappa shape index (κ1) is 11.2. The molecular weight excluding hydrogens is 216 g/mol. The van der Waals surface area contributed by atoms with Crippen molar-refractivity contribution in [3.8, 4) is 0 Å². The second kappa shape index (κ2) is 3.56. The Morgan fingerprint density at radius 3 is 2.41 bits per heavy atom. The first-order chi connectivity index (χ1) is 8.11. The zero-order chi connectivity index (χ0) is 12.1. The maximum atomic E-state index is 11.9. The van der Waals surface area contributed by atoms with Gasteiger partial charge in [-0.05, 0) is 43.4 Å². The molecule has 3 aliphatic rings. The maximum absolute atomic E-state index is 11.9. The highest BCUT2D eigenvalue weighted by atomic mass is 16.5. The van der Waals surface area contributed by atoms with E-state index in [0.29, 0.717) is 12.4 Å². The second-order valence-corrected chi connectivity index (χ2v) is 6.16. The van der Waals surface area contributed by atoms with Gasteiger partial charge in [0.1, 0.15) is 5.78 Å². The Labute approximate surface area is 102 Å². The number of hydrogen-bond donors (Lipinski definition) is 0. The van der Waals surface area contributed by atoms with E-state index in [1.165, 1.54) is 6.42 Å². The molecule has 0 aromatic heterocycles. The molecule has 3 fully saturated rings. The van der Waals surface area contributed by atoms with Crippen LogP contribution in [0, 0.1) is 16.7 Å². The van der Waals surface area contributed by atoms with Crippen LogP contribution < -0.4 is 0 Å². The third kappa shape index (κ3) is 1.40. The maximum Gasteiger partial charge on any atom is 0.308 e. The average Bonchev–Trinajstić information content (AvgIpc) is 2.75. The average molecular weight is 236 g/mol. The van der Waals surface area contributed by atoms with Gasteiger partial charge in [0.25, 0.3) is 0 Å². The quantitative estimate of drug-likeness (QED) is 0.692. The Bertz CT molecular complexity index is 352. The van der Waals surface area contributed by atoms with Crippen LogP contribution in [0.25, 0.3) is 0 Å². The molecule has 3 heteroatoms. The third-order valence-corrected chi connectivity index (χ3v) is 5.40. The molecule has 0 N–H and O–H groups in total. The molecule has 3 atom stereocenters. The number of rotatable bonds is 2. The highest BCUT2D eigenvalue weighted by Crippen LogP contribution is 2.71. The molecule has 0 radical (unpaired) electrons. The van der Waals surface area contributed by atoms with E-state index in [-0.39, 0.29) is 22.7 Å². The van der Waals surface area contributed by atoms with E-state index in [2.05, 4.69) is 0 Å². The number of hydrogen-bond acceptors (Lipinski definition) is 3. The second-order valence-electron chi connectivity index (χ2n) is 6.16. The van der Waals surface area contributed by atoms with Crippen molar-refractivity contribution in [2.24, 2.45) is 16.7 Å². The topological polar surface area (TPSA) is 43.4 Å². The predicted octanol–water partition coefficient (Wildman–Crippen LogP) is 2.48. The lowest BCUT2D eigenvalue weighted by Crippen LogP contribution is -2.25. The fraction of sp³-hybridized carbons (Fsp3) is 0.857. The molecule has 3 saturated carbocycles. The summed E-state index contributed by atoms with van der Waals surface area (Å²) < 4.78 is 5.15. The fourth-order valence-electron chi connectivity index (χ4n) is 4.89. The standard InChI is InChI=1S/C14H20O3/c1-2-17-12(16)10-6-13-4-3-5-14(13,7-10)9-11(15)8-13/h10H,2-9H2,1H3/t10?,13-,14+. The van der Waals surface area contributed by atoms with Gasteiger partial charge in [-0.1, -0.05) is 6.42 Å². The summed E-state index contributed by atoms with van der Waals surface area (Å²) in [5.74, 6) is 0.449. The van der Waals surface area contributed by atoms with Crippen molar-refractivity contribution < 1.29 is 14.3 Å². The van der Waals surface area contributed by atoms with Crippen LogP contribution in [0.5, 0.6) is 0 Å². The van der Waals surface area contributed by atoms with Gasteiger partial charge in [0.05, 0.1) is 12.5 Å². The summed E-state index contributed by atoms with van der Waals surface area (Å²) in [6.45, 7) is 2.32.